The van der Waals surface area contributed by atoms with Gasteiger partial charge in [0.15, 0.2) is 0 Å². The van der Waals surface area contributed by atoms with Crippen LogP contribution in [-0.4, -0.2) is 28.5 Å². The van der Waals surface area contributed by atoms with Crippen LogP contribution in [-0.2, 0) is 10.4 Å². The lowest BCUT2D eigenvalue weighted by molar-refractivity contribution is 0.352. The largest absolute Gasteiger partial charge is 0.759 e. The Bertz CT molecular complexity index is 97.2. The summed E-state index contributed by atoms with van der Waals surface area (Å²) < 4.78 is 34.1. The Kier molecular flexibility index (Phi) is 21.4. The van der Waals surface area contributed by atoms with Crippen molar-refractivity contribution in [2.24, 2.45) is 0 Å². The first-order valence-corrected chi connectivity index (χ1v) is 2.00. The molecule has 0 heterocycles. The molecule has 0 aliphatic rings. The van der Waals surface area contributed by atoms with E-state index in [1.54, 1.807) is 0 Å². The number of hydrogen-bond donors (Lipinski definition) is 2. The van der Waals surface area contributed by atoms with Crippen LogP contribution in [0.1, 0.15) is 0 Å². The van der Waals surface area contributed by atoms with E-state index in [-0.39, 0.29) is 23.3 Å². The summed E-state index contributed by atoms with van der Waals surface area (Å²) in [6.07, 6.45) is 0. The first-order valence-electron chi connectivity index (χ1n) is 0.667. The van der Waals surface area contributed by atoms with Crippen LogP contribution in [0.4, 0.5) is 0 Å². The molecule has 0 aliphatic carbocycles. The Labute approximate surface area is 52.1 Å². The van der Waals surface area contributed by atoms with Crippen LogP contribution in [0.2, 0.25) is 0 Å². The molecule has 0 saturated heterocycles. The zero-order valence-corrected chi connectivity index (χ0v) is 4.86. The third-order valence-corrected chi connectivity index (χ3v) is 0. The molecule has 0 rings (SSSR count). The molecular formula is H12N2O4SSi. The first-order chi connectivity index (χ1) is 2.00. The summed E-state index contributed by atoms with van der Waals surface area (Å²) >= 11 is 0. The molecular weight excluding hydrogens is 152 g/mol. The fraction of sp³-hybridized carbons (Fsp3) is 0. The topological polar surface area (TPSA) is 153 Å². The van der Waals surface area contributed by atoms with Gasteiger partial charge in [0.25, 0.3) is 0 Å². The lowest BCUT2D eigenvalue weighted by Crippen LogP contribution is -1.91. The molecule has 0 spiro atoms. The van der Waals surface area contributed by atoms with Gasteiger partial charge in [-0.05, 0) is 11.0 Å². The Morgan fingerprint density at radius 2 is 1.00 bits per heavy atom. The first kappa shape index (κ1) is 24.5. The molecule has 8 N–H and O–H groups in total. The van der Waals surface area contributed by atoms with E-state index in [0.717, 1.165) is 0 Å². The molecule has 0 fully saturated rings. The summed E-state index contributed by atoms with van der Waals surface area (Å²) in [6, 6.07) is 0. The van der Waals surface area contributed by atoms with Gasteiger partial charge in [-0.3, -0.25) is 8.42 Å². The highest BCUT2D eigenvalue weighted by Gasteiger charge is 1.49. The Morgan fingerprint density at radius 1 is 1.00 bits per heavy atom. The van der Waals surface area contributed by atoms with E-state index in [4.69, 9.17) is 17.5 Å². The number of hydrogen-bond acceptors (Lipinski definition) is 4. The Balaban J connectivity index is -0.0000000267. The van der Waals surface area contributed by atoms with Gasteiger partial charge < -0.3 is 21.4 Å². The van der Waals surface area contributed by atoms with Crippen LogP contribution in [0.15, 0.2) is 0 Å². The number of quaternary nitrogens is 2. The average Bonchev–Trinajstić information content (AvgIpc) is 0.722. The smallest absolute Gasteiger partial charge is 0.0311 e. The second kappa shape index (κ2) is 7.01. The van der Waals surface area contributed by atoms with Crippen LogP contribution in [0.5, 0.6) is 0 Å². The molecule has 0 aliphatic heterocycles. The molecule has 0 bridgehead atoms. The van der Waals surface area contributed by atoms with Crippen molar-refractivity contribution in [2.45, 2.75) is 0 Å². The Morgan fingerprint density at radius 3 is 1.00 bits per heavy atom. The number of rotatable bonds is 0. The van der Waals surface area contributed by atoms with E-state index in [1.165, 1.54) is 0 Å². The van der Waals surface area contributed by atoms with Crippen molar-refractivity contribution >= 4 is 21.4 Å². The highest BCUT2D eigenvalue weighted by molar-refractivity contribution is 7.79. The predicted octanol–water partition coefficient (Wildman–Crippen LogP) is -2.04. The molecule has 6 nitrogen and oxygen atoms in total. The Hall–Kier alpha value is 0.00688. The van der Waals surface area contributed by atoms with Gasteiger partial charge in [-0.1, -0.05) is 0 Å². The zero-order chi connectivity index (χ0) is 4.50. The second-order valence-electron chi connectivity index (χ2n) is 0.408. The molecule has 0 aromatic carbocycles. The van der Waals surface area contributed by atoms with E-state index in [2.05, 4.69) is 0 Å². The predicted molar refractivity (Wildman–Crippen MR) is 33.8 cm³/mol. The molecule has 0 radical (unpaired) electrons. The fourth-order valence-corrected chi connectivity index (χ4v) is 0. The van der Waals surface area contributed by atoms with Gasteiger partial charge in [0.05, 0.1) is 0 Å². The lowest BCUT2D eigenvalue weighted by atomic mass is 14.0. The molecule has 0 unspecified atom stereocenters. The van der Waals surface area contributed by atoms with E-state index in [0.29, 0.717) is 0 Å². The molecule has 0 saturated carbocycles. The van der Waals surface area contributed by atoms with Crippen molar-refractivity contribution in [2.75, 3.05) is 0 Å². The average molecular weight is 164 g/mol. The molecule has 0 atom stereocenters. The maximum Gasteiger partial charge on any atom is 0.0311 e. The zero-order valence-electron chi connectivity index (χ0n) is 4.04. The molecule has 8 heavy (non-hydrogen) atoms. The van der Waals surface area contributed by atoms with Gasteiger partial charge >= 0.3 is 0 Å². The van der Waals surface area contributed by atoms with Crippen molar-refractivity contribution in [3.63, 3.8) is 0 Å². The monoisotopic (exact) mass is 164 g/mol. The molecule has 0 aromatic heterocycles. The quantitative estimate of drug-likeness (QED) is 0.240. The van der Waals surface area contributed by atoms with Gasteiger partial charge in [0.2, 0.25) is 0 Å². The third-order valence-electron chi connectivity index (χ3n) is 0. The normalized spacial score (nSPS) is 7.25. The molecule has 56 valence electrons. The van der Waals surface area contributed by atoms with Crippen LogP contribution in [0.3, 0.4) is 0 Å². The third kappa shape index (κ3) is 3180000. The van der Waals surface area contributed by atoms with Gasteiger partial charge in [0.1, 0.15) is 0 Å². The summed E-state index contributed by atoms with van der Waals surface area (Å²) in [5.74, 6) is 0. The van der Waals surface area contributed by atoms with Crippen LogP contribution >= 0.6 is 0 Å². The summed E-state index contributed by atoms with van der Waals surface area (Å²) in [7, 11) is -5.17. The van der Waals surface area contributed by atoms with Crippen molar-refractivity contribution < 1.29 is 17.5 Å². The van der Waals surface area contributed by atoms with E-state index in [9.17, 15) is 0 Å². The van der Waals surface area contributed by atoms with Crippen LogP contribution < -0.4 is 12.3 Å². The van der Waals surface area contributed by atoms with E-state index >= 15 is 0 Å². The molecule has 8 heteroatoms. The lowest BCUT2D eigenvalue weighted by Gasteiger charge is -2.06. The van der Waals surface area contributed by atoms with Crippen molar-refractivity contribution in [1.82, 2.24) is 12.3 Å². The molecule has 0 aromatic rings. The van der Waals surface area contributed by atoms with Crippen molar-refractivity contribution in [1.29, 1.82) is 0 Å². The minimum atomic E-state index is -5.17. The summed E-state index contributed by atoms with van der Waals surface area (Å²) in [5, 5.41) is 0. The SMILES string of the molecule is O=S(=O)([O-])[O-].[NH4+].[NH4+].[SiH4]. The standard InChI is InChI=1S/2H3N.H2O4S.H4Si/c;;1-5(2,3)4;/h2*1H3;(H2,1,2,3,4);1H4. The van der Waals surface area contributed by atoms with Gasteiger partial charge in [-0.25, -0.2) is 0 Å². The highest BCUT2D eigenvalue weighted by atomic mass is 32.3. The highest BCUT2D eigenvalue weighted by Crippen LogP contribution is 1.57. The van der Waals surface area contributed by atoms with Gasteiger partial charge in [0, 0.05) is 10.4 Å². The van der Waals surface area contributed by atoms with Gasteiger partial charge in [-0.15, -0.1) is 0 Å². The van der Waals surface area contributed by atoms with Crippen molar-refractivity contribution in [3.05, 3.63) is 0 Å². The van der Waals surface area contributed by atoms with Crippen LogP contribution in [0, 0.1) is 0 Å². The van der Waals surface area contributed by atoms with Crippen molar-refractivity contribution in [3.8, 4) is 0 Å². The minimum absolute atomic E-state index is 0. The van der Waals surface area contributed by atoms with E-state index < -0.39 is 10.4 Å². The maximum atomic E-state index is 8.52. The summed E-state index contributed by atoms with van der Waals surface area (Å²) in [5.41, 5.74) is 0. The maximum absolute atomic E-state index is 8.52. The summed E-state index contributed by atoms with van der Waals surface area (Å²) in [4.78, 5) is 0. The molecule has 0 amide bonds. The second-order valence-corrected chi connectivity index (χ2v) is 1.22. The fourth-order valence-electron chi connectivity index (χ4n) is 0. The minimum Gasteiger partial charge on any atom is -0.759 e. The van der Waals surface area contributed by atoms with Gasteiger partial charge in [-0.2, -0.15) is 0 Å². The summed E-state index contributed by atoms with van der Waals surface area (Å²) in [6.45, 7) is 0. The van der Waals surface area contributed by atoms with Crippen LogP contribution in [0.25, 0.3) is 0 Å². The van der Waals surface area contributed by atoms with E-state index in [1.807, 2.05) is 0 Å².